The molecule has 0 nitrogen and oxygen atoms in total. The van der Waals surface area contributed by atoms with Crippen LogP contribution in [0.15, 0.2) is 43.0 Å². The van der Waals surface area contributed by atoms with Gasteiger partial charge < -0.3 is 0 Å². The molecule has 0 aliphatic rings. The SMILES string of the molecule is Fc1ccc(Br)c(Sc2c(Br)ccc(F)c2F)c1F. The number of rotatable bonds is 2. The third-order valence-corrected chi connectivity index (χ3v) is 5.26. The summed E-state index contributed by atoms with van der Waals surface area (Å²) >= 11 is 6.69. The second-order valence-electron chi connectivity index (χ2n) is 3.45. The molecule has 0 atom stereocenters. The summed E-state index contributed by atoms with van der Waals surface area (Å²) in [6, 6.07) is 4.48. The molecule has 100 valence electrons. The van der Waals surface area contributed by atoms with Gasteiger partial charge in [-0.3, -0.25) is 0 Å². The van der Waals surface area contributed by atoms with Crippen molar-refractivity contribution in [3.8, 4) is 0 Å². The van der Waals surface area contributed by atoms with Crippen LogP contribution in [0.1, 0.15) is 0 Å². The van der Waals surface area contributed by atoms with Gasteiger partial charge in [0.25, 0.3) is 0 Å². The number of benzene rings is 2. The summed E-state index contributed by atoms with van der Waals surface area (Å²) in [4.78, 5) is -0.296. The van der Waals surface area contributed by atoms with Gasteiger partial charge in [0.15, 0.2) is 23.3 Å². The topological polar surface area (TPSA) is 0 Å². The van der Waals surface area contributed by atoms with E-state index in [1.807, 2.05) is 0 Å². The molecule has 0 aliphatic carbocycles. The van der Waals surface area contributed by atoms with E-state index in [0.717, 1.165) is 12.1 Å². The van der Waals surface area contributed by atoms with Crippen LogP contribution in [0.2, 0.25) is 0 Å². The lowest BCUT2D eigenvalue weighted by atomic mass is 10.3. The minimum absolute atomic E-state index is 0.148. The summed E-state index contributed by atoms with van der Waals surface area (Å²) in [7, 11) is 0. The fourth-order valence-corrected chi connectivity index (χ4v) is 3.31. The molecule has 0 radical (unpaired) electrons. The van der Waals surface area contributed by atoms with E-state index < -0.39 is 23.3 Å². The molecule has 0 fully saturated rings. The summed E-state index contributed by atoms with van der Waals surface area (Å²) in [6.45, 7) is 0. The minimum Gasteiger partial charge on any atom is -0.204 e. The summed E-state index contributed by atoms with van der Waals surface area (Å²) in [5.41, 5.74) is 0. The molecular formula is C12H4Br2F4S. The Hall–Kier alpha value is -0.530. The molecule has 0 spiro atoms. The van der Waals surface area contributed by atoms with Crippen molar-refractivity contribution in [1.29, 1.82) is 0 Å². The summed E-state index contributed by atoms with van der Waals surface area (Å²) in [5, 5.41) is 0. The first-order valence-corrected chi connectivity index (χ1v) is 7.27. The van der Waals surface area contributed by atoms with Gasteiger partial charge in [-0.2, -0.15) is 0 Å². The fraction of sp³-hybridized carbons (Fsp3) is 0. The molecule has 2 aromatic rings. The molecule has 0 N–H and O–H groups in total. The Bertz CT molecular complexity index is 591. The van der Waals surface area contributed by atoms with E-state index in [4.69, 9.17) is 0 Å². The zero-order valence-electron chi connectivity index (χ0n) is 8.99. The largest absolute Gasteiger partial charge is 0.204 e. The van der Waals surface area contributed by atoms with Crippen LogP contribution in [0.3, 0.4) is 0 Å². The van der Waals surface area contributed by atoms with Crippen LogP contribution in [0.25, 0.3) is 0 Å². The first kappa shape index (κ1) is 14.9. The zero-order chi connectivity index (χ0) is 14.2. The van der Waals surface area contributed by atoms with Crippen LogP contribution >= 0.6 is 43.6 Å². The van der Waals surface area contributed by atoms with Crippen molar-refractivity contribution >= 4 is 43.6 Å². The second kappa shape index (κ2) is 5.85. The van der Waals surface area contributed by atoms with Gasteiger partial charge in [0.2, 0.25) is 0 Å². The highest BCUT2D eigenvalue weighted by Crippen LogP contribution is 2.41. The van der Waals surface area contributed by atoms with Gasteiger partial charge in [0.1, 0.15) is 0 Å². The third kappa shape index (κ3) is 2.98. The normalized spacial score (nSPS) is 10.8. The average Bonchev–Trinajstić information content (AvgIpc) is 2.38. The van der Waals surface area contributed by atoms with Crippen molar-refractivity contribution in [1.82, 2.24) is 0 Å². The Balaban J connectivity index is 2.54. The Morgan fingerprint density at radius 2 is 1.05 bits per heavy atom. The molecule has 0 unspecified atom stereocenters. The monoisotopic (exact) mass is 414 g/mol. The number of halogens is 6. The molecule has 0 heterocycles. The van der Waals surface area contributed by atoms with Crippen molar-refractivity contribution in [3.63, 3.8) is 0 Å². The van der Waals surface area contributed by atoms with Crippen molar-refractivity contribution in [2.45, 2.75) is 9.79 Å². The molecule has 0 bridgehead atoms. The van der Waals surface area contributed by atoms with Crippen molar-refractivity contribution < 1.29 is 17.6 Å². The standard InChI is InChI=1S/C12H4Br2F4S/c13-5-1-3-7(15)9(17)11(5)19-12-6(14)2-4-8(16)10(12)18/h1-4H. The highest BCUT2D eigenvalue weighted by Gasteiger charge is 2.19. The molecule has 0 amide bonds. The quantitative estimate of drug-likeness (QED) is 0.433. The first-order valence-electron chi connectivity index (χ1n) is 4.86. The lowest BCUT2D eigenvalue weighted by Crippen LogP contribution is -1.93. The van der Waals surface area contributed by atoms with Crippen molar-refractivity contribution in [2.24, 2.45) is 0 Å². The summed E-state index contributed by atoms with van der Waals surface area (Å²) in [6.07, 6.45) is 0. The van der Waals surface area contributed by atoms with Crippen LogP contribution < -0.4 is 0 Å². The maximum atomic E-state index is 13.7. The van der Waals surface area contributed by atoms with E-state index in [2.05, 4.69) is 31.9 Å². The van der Waals surface area contributed by atoms with Crippen molar-refractivity contribution in [3.05, 3.63) is 56.5 Å². The number of hydrogen-bond acceptors (Lipinski definition) is 1. The van der Waals surface area contributed by atoms with Crippen LogP contribution in [0, 0.1) is 23.3 Å². The predicted molar refractivity (Wildman–Crippen MR) is 72.2 cm³/mol. The van der Waals surface area contributed by atoms with E-state index in [9.17, 15) is 17.6 Å². The van der Waals surface area contributed by atoms with Gasteiger partial charge in [-0.15, -0.1) is 0 Å². The second-order valence-corrected chi connectivity index (χ2v) is 6.18. The maximum absolute atomic E-state index is 13.7. The minimum atomic E-state index is -1.12. The van der Waals surface area contributed by atoms with Gasteiger partial charge in [-0.05, 0) is 56.1 Å². The molecule has 7 heteroatoms. The van der Waals surface area contributed by atoms with E-state index >= 15 is 0 Å². The van der Waals surface area contributed by atoms with Crippen LogP contribution in [0.4, 0.5) is 17.6 Å². The molecular weight excluding hydrogens is 412 g/mol. The highest BCUT2D eigenvalue weighted by atomic mass is 79.9. The summed E-state index contributed by atoms with van der Waals surface area (Å²) < 4.78 is 54.1. The fourth-order valence-electron chi connectivity index (χ4n) is 1.31. The highest BCUT2D eigenvalue weighted by molar-refractivity contribution is 9.11. The molecule has 0 aliphatic heterocycles. The predicted octanol–water partition coefficient (Wildman–Crippen LogP) is 5.92. The van der Waals surface area contributed by atoms with E-state index in [1.54, 1.807) is 0 Å². The van der Waals surface area contributed by atoms with Gasteiger partial charge in [-0.1, -0.05) is 11.8 Å². The van der Waals surface area contributed by atoms with Gasteiger partial charge in [0.05, 0.1) is 9.79 Å². The Morgan fingerprint density at radius 3 is 1.42 bits per heavy atom. The smallest absolute Gasteiger partial charge is 0.173 e. The summed E-state index contributed by atoms with van der Waals surface area (Å²) in [5.74, 6) is -4.35. The molecule has 0 saturated carbocycles. The molecule has 0 aromatic heterocycles. The molecule has 2 aromatic carbocycles. The lowest BCUT2D eigenvalue weighted by molar-refractivity contribution is 0.485. The zero-order valence-corrected chi connectivity index (χ0v) is 13.0. The Kier molecular flexibility index (Phi) is 4.58. The number of hydrogen-bond donors (Lipinski definition) is 0. The Morgan fingerprint density at radius 1 is 0.684 bits per heavy atom. The molecule has 19 heavy (non-hydrogen) atoms. The van der Waals surface area contributed by atoms with E-state index in [-0.39, 0.29) is 18.7 Å². The third-order valence-electron chi connectivity index (χ3n) is 2.21. The average molecular weight is 416 g/mol. The lowest BCUT2D eigenvalue weighted by Gasteiger charge is -2.09. The van der Waals surface area contributed by atoms with Gasteiger partial charge >= 0.3 is 0 Å². The molecule has 2 rings (SSSR count). The van der Waals surface area contributed by atoms with E-state index in [1.165, 1.54) is 12.1 Å². The van der Waals surface area contributed by atoms with E-state index in [0.29, 0.717) is 11.8 Å². The first-order chi connectivity index (χ1) is 8.91. The van der Waals surface area contributed by atoms with Crippen LogP contribution in [-0.4, -0.2) is 0 Å². The van der Waals surface area contributed by atoms with Crippen LogP contribution in [0.5, 0.6) is 0 Å². The van der Waals surface area contributed by atoms with Gasteiger partial charge in [0, 0.05) is 8.95 Å². The maximum Gasteiger partial charge on any atom is 0.173 e. The molecule has 0 saturated heterocycles. The van der Waals surface area contributed by atoms with Gasteiger partial charge in [-0.25, -0.2) is 17.6 Å². The Labute approximate surface area is 127 Å². The van der Waals surface area contributed by atoms with Crippen molar-refractivity contribution in [2.75, 3.05) is 0 Å². The van der Waals surface area contributed by atoms with Crippen LogP contribution in [-0.2, 0) is 0 Å².